The van der Waals surface area contributed by atoms with Gasteiger partial charge in [0.2, 0.25) is 0 Å². The van der Waals surface area contributed by atoms with Crippen LogP contribution in [-0.2, 0) is 6.54 Å². The van der Waals surface area contributed by atoms with Crippen LogP contribution in [0.2, 0.25) is 0 Å². The molecule has 1 aromatic heterocycles. The highest BCUT2D eigenvalue weighted by Crippen LogP contribution is 2.47. The van der Waals surface area contributed by atoms with Gasteiger partial charge in [-0.2, -0.15) is 0 Å². The van der Waals surface area contributed by atoms with Crippen LogP contribution in [0.4, 0.5) is 0 Å². The third-order valence-electron chi connectivity index (χ3n) is 4.67. The Morgan fingerprint density at radius 1 is 1.40 bits per heavy atom. The number of hydrogen-bond acceptors (Lipinski definition) is 2. The van der Waals surface area contributed by atoms with E-state index >= 15 is 0 Å². The highest BCUT2D eigenvalue weighted by atomic mass is 15.3. The average Bonchev–Trinajstić information content (AvgIpc) is 3.06. The van der Waals surface area contributed by atoms with Crippen molar-refractivity contribution in [2.75, 3.05) is 26.2 Å². The Morgan fingerprint density at radius 2 is 2.30 bits per heavy atom. The molecule has 0 aromatic carbocycles. The first kappa shape index (κ1) is 13.5. The lowest BCUT2D eigenvalue weighted by Gasteiger charge is -2.38. The van der Waals surface area contributed by atoms with Crippen LogP contribution in [0.3, 0.4) is 0 Å². The molecule has 0 bridgehead atoms. The van der Waals surface area contributed by atoms with Crippen molar-refractivity contribution in [3.63, 3.8) is 0 Å². The average molecular weight is 275 g/mol. The third kappa shape index (κ3) is 2.81. The van der Waals surface area contributed by atoms with Crippen molar-refractivity contribution in [3.8, 4) is 0 Å². The SMILES string of the molecule is CCNC(=NCCn1ccnc1)N1CCC2(CCC2)C1. The molecule has 1 N–H and O–H groups in total. The van der Waals surface area contributed by atoms with E-state index in [0.717, 1.165) is 32.1 Å². The molecule has 1 aliphatic carbocycles. The molecule has 1 spiro atoms. The summed E-state index contributed by atoms with van der Waals surface area (Å²) in [7, 11) is 0. The predicted octanol–water partition coefficient (Wildman–Crippen LogP) is 1.72. The molecule has 2 heterocycles. The van der Waals surface area contributed by atoms with Crippen LogP contribution in [0.5, 0.6) is 0 Å². The van der Waals surface area contributed by atoms with E-state index in [4.69, 9.17) is 4.99 Å². The molecule has 1 aromatic rings. The second-order valence-corrected chi connectivity index (χ2v) is 6.06. The number of guanidine groups is 1. The van der Waals surface area contributed by atoms with Crippen LogP contribution in [-0.4, -0.2) is 46.6 Å². The Kier molecular flexibility index (Phi) is 3.94. The van der Waals surface area contributed by atoms with Gasteiger partial charge in [-0.1, -0.05) is 6.42 Å². The molecule has 20 heavy (non-hydrogen) atoms. The highest BCUT2D eigenvalue weighted by molar-refractivity contribution is 5.80. The maximum atomic E-state index is 4.78. The van der Waals surface area contributed by atoms with Gasteiger partial charge in [0.15, 0.2) is 5.96 Å². The fraction of sp³-hybridized carbons (Fsp3) is 0.733. The van der Waals surface area contributed by atoms with Crippen molar-refractivity contribution in [1.82, 2.24) is 19.8 Å². The topological polar surface area (TPSA) is 45.5 Å². The molecule has 110 valence electrons. The molecular formula is C15H25N5. The molecule has 2 fully saturated rings. The van der Waals surface area contributed by atoms with Crippen molar-refractivity contribution in [1.29, 1.82) is 0 Å². The third-order valence-corrected chi connectivity index (χ3v) is 4.67. The van der Waals surface area contributed by atoms with Crippen LogP contribution >= 0.6 is 0 Å². The monoisotopic (exact) mass is 275 g/mol. The van der Waals surface area contributed by atoms with E-state index in [-0.39, 0.29) is 0 Å². The molecule has 1 aliphatic heterocycles. The van der Waals surface area contributed by atoms with E-state index in [2.05, 4.69) is 26.7 Å². The van der Waals surface area contributed by atoms with E-state index in [1.165, 1.54) is 32.2 Å². The van der Waals surface area contributed by atoms with Crippen LogP contribution in [0.15, 0.2) is 23.7 Å². The lowest BCUT2D eigenvalue weighted by molar-refractivity contribution is 0.151. The maximum absolute atomic E-state index is 4.78. The van der Waals surface area contributed by atoms with Crippen molar-refractivity contribution < 1.29 is 0 Å². The minimum Gasteiger partial charge on any atom is -0.357 e. The minimum atomic E-state index is 0.626. The van der Waals surface area contributed by atoms with E-state index < -0.39 is 0 Å². The summed E-state index contributed by atoms with van der Waals surface area (Å²) in [6, 6.07) is 0. The first-order chi connectivity index (χ1) is 9.81. The van der Waals surface area contributed by atoms with Crippen molar-refractivity contribution >= 4 is 5.96 Å². The minimum absolute atomic E-state index is 0.626. The number of hydrogen-bond donors (Lipinski definition) is 1. The first-order valence-electron chi connectivity index (χ1n) is 7.80. The molecule has 1 saturated carbocycles. The highest BCUT2D eigenvalue weighted by Gasteiger charge is 2.43. The van der Waals surface area contributed by atoms with Gasteiger partial charge in [0.25, 0.3) is 0 Å². The largest absolute Gasteiger partial charge is 0.357 e. The molecule has 1 saturated heterocycles. The summed E-state index contributed by atoms with van der Waals surface area (Å²) in [5, 5.41) is 3.44. The predicted molar refractivity (Wildman–Crippen MR) is 80.7 cm³/mol. The zero-order valence-corrected chi connectivity index (χ0v) is 12.4. The van der Waals surface area contributed by atoms with Gasteiger partial charge in [-0.3, -0.25) is 4.99 Å². The van der Waals surface area contributed by atoms with Crippen LogP contribution in [0, 0.1) is 5.41 Å². The molecule has 5 nitrogen and oxygen atoms in total. The molecule has 0 unspecified atom stereocenters. The standard InChI is InChI=1S/C15H25N5/c1-2-17-14(18-8-11-19-10-7-16-13-19)20-9-6-15(12-20)4-3-5-15/h7,10,13H,2-6,8-9,11-12H2,1H3,(H,17,18). The molecule has 0 atom stereocenters. The van der Waals surface area contributed by atoms with E-state index in [1.807, 2.05) is 18.7 Å². The number of imidazole rings is 1. The molecular weight excluding hydrogens is 250 g/mol. The van der Waals surface area contributed by atoms with Gasteiger partial charge in [-0.25, -0.2) is 4.98 Å². The Balaban J connectivity index is 1.57. The summed E-state index contributed by atoms with van der Waals surface area (Å²) in [5.41, 5.74) is 0.626. The van der Waals surface area contributed by atoms with Crippen molar-refractivity contribution in [3.05, 3.63) is 18.7 Å². The van der Waals surface area contributed by atoms with Gasteiger partial charge in [0.05, 0.1) is 12.9 Å². The number of likely N-dealkylation sites (tertiary alicyclic amines) is 1. The molecule has 5 heteroatoms. The zero-order valence-electron chi connectivity index (χ0n) is 12.4. The molecule has 2 aliphatic rings. The van der Waals surface area contributed by atoms with Gasteiger partial charge in [-0.15, -0.1) is 0 Å². The first-order valence-corrected chi connectivity index (χ1v) is 7.80. The Labute approximate surface area is 121 Å². The zero-order chi connectivity index (χ0) is 13.8. The smallest absolute Gasteiger partial charge is 0.193 e. The van der Waals surface area contributed by atoms with Crippen LogP contribution < -0.4 is 5.32 Å². The van der Waals surface area contributed by atoms with E-state index in [0.29, 0.717) is 5.41 Å². The number of nitrogens with zero attached hydrogens (tertiary/aromatic N) is 4. The second kappa shape index (κ2) is 5.85. The summed E-state index contributed by atoms with van der Waals surface area (Å²) in [6.07, 6.45) is 11.2. The summed E-state index contributed by atoms with van der Waals surface area (Å²) in [4.78, 5) is 11.3. The van der Waals surface area contributed by atoms with E-state index in [9.17, 15) is 0 Å². The fourth-order valence-corrected chi connectivity index (χ4v) is 3.32. The number of aromatic nitrogens is 2. The Morgan fingerprint density at radius 3 is 2.90 bits per heavy atom. The maximum Gasteiger partial charge on any atom is 0.193 e. The van der Waals surface area contributed by atoms with E-state index in [1.54, 1.807) is 0 Å². The van der Waals surface area contributed by atoms with Crippen LogP contribution in [0.25, 0.3) is 0 Å². The Bertz CT molecular complexity index is 447. The van der Waals surface area contributed by atoms with Gasteiger partial charge in [-0.05, 0) is 31.6 Å². The lowest BCUT2D eigenvalue weighted by atomic mass is 9.68. The molecule has 3 rings (SSSR count). The Hall–Kier alpha value is -1.52. The summed E-state index contributed by atoms with van der Waals surface area (Å²) >= 11 is 0. The van der Waals surface area contributed by atoms with Gasteiger partial charge >= 0.3 is 0 Å². The summed E-state index contributed by atoms with van der Waals surface area (Å²) < 4.78 is 2.07. The lowest BCUT2D eigenvalue weighted by Crippen LogP contribution is -2.42. The molecule has 0 amide bonds. The van der Waals surface area contributed by atoms with Crippen LogP contribution in [0.1, 0.15) is 32.6 Å². The number of rotatable bonds is 4. The normalized spacial score (nSPS) is 21.2. The fourth-order valence-electron chi connectivity index (χ4n) is 3.32. The summed E-state index contributed by atoms with van der Waals surface area (Å²) in [5.74, 6) is 1.09. The van der Waals surface area contributed by atoms with Crippen molar-refractivity contribution in [2.24, 2.45) is 10.4 Å². The van der Waals surface area contributed by atoms with Gasteiger partial charge in [0, 0.05) is 38.6 Å². The van der Waals surface area contributed by atoms with Gasteiger partial charge < -0.3 is 14.8 Å². The second-order valence-electron chi connectivity index (χ2n) is 6.06. The van der Waals surface area contributed by atoms with Crippen molar-refractivity contribution in [2.45, 2.75) is 39.2 Å². The molecule has 0 radical (unpaired) electrons. The van der Waals surface area contributed by atoms with Gasteiger partial charge in [0.1, 0.15) is 0 Å². The summed E-state index contributed by atoms with van der Waals surface area (Å²) in [6.45, 7) is 7.14. The number of aliphatic imine (C=N–C) groups is 1. The quantitative estimate of drug-likeness (QED) is 0.672. The number of nitrogens with one attached hydrogen (secondary N) is 1.